The van der Waals surface area contributed by atoms with Gasteiger partial charge in [0.1, 0.15) is 0 Å². The minimum Gasteiger partial charge on any atom is -0.281 e. The molecule has 0 bridgehead atoms. The van der Waals surface area contributed by atoms with Gasteiger partial charge in [-0.05, 0) is 29.7 Å². The molecule has 0 aliphatic rings. The van der Waals surface area contributed by atoms with Crippen LogP contribution >= 0.6 is 0 Å². The fraction of sp³-hybridized carbons (Fsp3) is 0.310. The Balaban J connectivity index is 1.84. The third-order valence-electron chi connectivity index (χ3n) is 5.39. The van der Waals surface area contributed by atoms with Crippen LogP contribution in [-0.4, -0.2) is 10.9 Å². The molecule has 0 aromatic heterocycles. The van der Waals surface area contributed by atoms with Gasteiger partial charge in [-0.25, -0.2) is 0 Å². The summed E-state index contributed by atoms with van der Waals surface area (Å²) in [7, 11) is 0. The minimum absolute atomic E-state index is 0.238. The van der Waals surface area contributed by atoms with E-state index in [2.05, 4.69) is 109 Å². The van der Waals surface area contributed by atoms with Gasteiger partial charge in [-0.3, -0.25) is 4.90 Å². The van der Waals surface area contributed by atoms with E-state index in [9.17, 15) is 0 Å². The second-order valence-corrected chi connectivity index (χ2v) is 7.88. The minimum atomic E-state index is 0.238. The van der Waals surface area contributed by atoms with Gasteiger partial charge in [-0.2, -0.15) is 0 Å². The first-order valence-corrected chi connectivity index (χ1v) is 11.2. The lowest BCUT2D eigenvalue weighted by molar-refractivity contribution is 0.205. The smallest absolute Gasteiger partial charge is 0.0724 e. The molecule has 0 amide bonds. The second kappa shape index (κ2) is 12.7. The molecule has 3 aromatic carbocycles. The molecule has 0 saturated heterocycles. The van der Waals surface area contributed by atoms with Crippen molar-refractivity contribution in [3.63, 3.8) is 0 Å². The van der Waals surface area contributed by atoms with Crippen molar-refractivity contribution in [1.82, 2.24) is 4.90 Å². The van der Waals surface area contributed by atoms with E-state index in [1.54, 1.807) is 0 Å². The van der Waals surface area contributed by atoms with Crippen LogP contribution in [0.1, 0.15) is 55.7 Å². The van der Waals surface area contributed by atoms with Gasteiger partial charge < -0.3 is 0 Å². The molecule has 1 atom stereocenters. The summed E-state index contributed by atoms with van der Waals surface area (Å²) in [6, 6.07) is 32.2. The van der Waals surface area contributed by atoms with Gasteiger partial charge >= 0.3 is 0 Å². The topological polar surface area (TPSA) is 3.24 Å². The van der Waals surface area contributed by atoms with Crippen molar-refractivity contribution in [3.05, 3.63) is 108 Å². The number of benzene rings is 3. The zero-order valence-corrected chi connectivity index (χ0v) is 18.1. The highest BCUT2D eigenvalue weighted by Crippen LogP contribution is 2.18. The average Bonchev–Trinajstić information content (AvgIpc) is 2.80. The Kier molecular flexibility index (Phi) is 9.25. The SMILES string of the molecule is CCCCCCC(C#Cc1ccccc1)N(Cc1ccccc1)Cc1ccccc1. The largest absolute Gasteiger partial charge is 0.281 e. The highest BCUT2D eigenvalue weighted by atomic mass is 15.1. The Labute approximate surface area is 182 Å². The van der Waals surface area contributed by atoms with E-state index in [1.807, 2.05) is 6.07 Å². The number of unbranched alkanes of at least 4 members (excludes halogenated alkanes) is 3. The van der Waals surface area contributed by atoms with Crippen molar-refractivity contribution in [1.29, 1.82) is 0 Å². The van der Waals surface area contributed by atoms with Crippen LogP contribution in [0.15, 0.2) is 91.0 Å². The van der Waals surface area contributed by atoms with E-state index in [1.165, 1.54) is 36.8 Å². The molecule has 0 N–H and O–H groups in total. The van der Waals surface area contributed by atoms with Crippen LogP contribution in [0.5, 0.6) is 0 Å². The molecular formula is C29H33N. The molecule has 154 valence electrons. The summed E-state index contributed by atoms with van der Waals surface area (Å²) in [5, 5.41) is 0. The molecule has 0 saturated carbocycles. The number of nitrogens with zero attached hydrogens (tertiary/aromatic N) is 1. The van der Waals surface area contributed by atoms with Gasteiger partial charge in [0.2, 0.25) is 0 Å². The predicted octanol–water partition coefficient (Wildman–Crippen LogP) is 7.08. The predicted molar refractivity (Wildman–Crippen MR) is 128 cm³/mol. The molecule has 1 heteroatoms. The summed E-state index contributed by atoms with van der Waals surface area (Å²) in [5.74, 6) is 7.08. The first-order chi connectivity index (χ1) is 14.8. The molecular weight excluding hydrogens is 362 g/mol. The summed E-state index contributed by atoms with van der Waals surface area (Å²) in [6.45, 7) is 4.10. The van der Waals surface area contributed by atoms with Crippen LogP contribution < -0.4 is 0 Å². The molecule has 0 fully saturated rings. The maximum absolute atomic E-state index is 3.63. The maximum atomic E-state index is 3.63. The summed E-state index contributed by atoms with van der Waals surface area (Å²) < 4.78 is 0. The van der Waals surface area contributed by atoms with Crippen LogP contribution in [0.4, 0.5) is 0 Å². The van der Waals surface area contributed by atoms with Gasteiger partial charge in [-0.15, -0.1) is 0 Å². The van der Waals surface area contributed by atoms with Crippen molar-refractivity contribution in [2.24, 2.45) is 0 Å². The Bertz CT molecular complexity index is 849. The maximum Gasteiger partial charge on any atom is 0.0724 e. The highest BCUT2D eigenvalue weighted by molar-refractivity contribution is 5.35. The molecule has 0 spiro atoms. The van der Waals surface area contributed by atoms with Crippen molar-refractivity contribution >= 4 is 0 Å². The zero-order chi connectivity index (χ0) is 20.9. The van der Waals surface area contributed by atoms with E-state index in [-0.39, 0.29) is 6.04 Å². The number of hydrogen-bond donors (Lipinski definition) is 0. The second-order valence-electron chi connectivity index (χ2n) is 7.88. The normalized spacial score (nSPS) is 11.7. The average molecular weight is 396 g/mol. The standard InChI is InChI=1S/C29H33N/c1-2-3-4-14-21-29(23-22-26-15-8-5-9-16-26)30(24-27-17-10-6-11-18-27)25-28-19-12-7-13-20-28/h5-13,15-20,29H,2-4,14,21,24-25H2,1H3. The van der Waals surface area contributed by atoms with Crippen LogP contribution in [0, 0.1) is 11.8 Å². The van der Waals surface area contributed by atoms with Gasteiger partial charge in [0, 0.05) is 18.7 Å². The summed E-state index contributed by atoms with van der Waals surface area (Å²) in [5.41, 5.74) is 3.78. The molecule has 30 heavy (non-hydrogen) atoms. The van der Waals surface area contributed by atoms with Gasteiger partial charge in [0.05, 0.1) is 6.04 Å². The van der Waals surface area contributed by atoms with Gasteiger partial charge in [-0.1, -0.05) is 123 Å². The van der Waals surface area contributed by atoms with E-state index >= 15 is 0 Å². The van der Waals surface area contributed by atoms with E-state index in [4.69, 9.17) is 0 Å². The lowest BCUT2D eigenvalue weighted by Crippen LogP contribution is -2.33. The van der Waals surface area contributed by atoms with Crippen molar-refractivity contribution in [2.75, 3.05) is 0 Å². The van der Waals surface area contributed by atoms with Crippen LogP contribution in [-0.2, 0) is 13.1 Å². The molecule has 1 unspecified atom stereocenters. The third kappa shape index (κ3) is 7.54. The molecule has 0 heterocycles. The fourth-order valence-electron chi connectivity index (χ4n) is 3.71. The van der Waals surface area contributed by atoms with Gasteiger partial charge in [0.25, 0.3) is 0 Å². The van der Waals surface area contributed by atoms with E-state index < -0.39 is 0 Å². The molecule has 1 nitrogen and oxygen atoms in total. The summed E-state index contributed by atoms with van der Waals surface area (Å²) in [4.78, 5) is 2.55. The van der Waals surface area contributed by atoms with Crippen molar-refractivity contribution < 1.29 is 0 Å². The lowest BCUT2D eigenvalue weighted by Gasteiger charge is -2.29. The Hall–Kier alpha value is -2.82. The van der Waals surface area contributed by atoms with E-state index in [0.29, 0.717) is 0 Å². The highest BCUT2D eigenvalue weighted by Gasteiger charge is 2.17. The molecule has 3 aromatic rings. The van der Waals surface area contributed by atoms with Crippen LogP contribution in [0.3, 0.4) is 0 Å². The lowest BCUT2D eigenvalue weighted by atomic mass is 10.0. The van der Waals surface area contributed by atoms with Gasteiger partial charge in [0.15, 0.2) is 0 Å². The Morgan fingerprint density at radius 2 is 1.20 bits per heavy atom. The van der Waals surface area contributed by atoms with E-state index in [0.717, 1.165) is 25.1 Å². The first kappa shape index (κ1) is 21.9. The van der Waals surface area contributed by atoms with Crippen molar-refractivity contribution in [3.8, 4) is 11.8 Å². The fourth-order valence-corrected chi connectivity index (χ4v) is 3.71. The Morgan fingerprint density at radius 1 is 0.667 bits per heavy atom. The molecule has 0 aliphatic heterocycles. The third-order valence-corrected chi connectivity index (χ3v) is 5.39. The number of rotatable bonds is 10. The van der Waals surface area contributed by atoms with Crippen LogP contribution in [0.25, 0.3) is 0 Å². The van der Waals surface area contributed by atoms with Crippen molar-refractivity contribution in [2.45, 2.75) is 58.2 Å². The Morgan fingerprint density at radius 3 is 1.73 bits per heavy atom. The monoisotopic (exact) mass is 395 g/mol. The zero-order valence-electron chi connectivity index (χ0n) is 18.1. The summed E-state index contributed by atoms with van der Waals surface area (Å²) >= 11 is 0. The van der Waals surface area contributed by atoms with Crippen LogP contribution in [0.2, 0.25) is 0 Å². The number of hydrogen-bond acceptors (Lipinski definition) is 1. The quantitative estimate of drug-likeness (QED) is 0.262. The summed E-state index contributed by atoms with van der Waals surface area (Å²) in [6.07, 6.45) is 6.18. The molecule has 3 rings (SSSR count). The first-order valence-electron chi connectivity index (χ1n) is 11.2. The molecule has 0 aliphatic carbocycles. The molecule has 0 radical (unpaired) electrons.